The van der Waals surface area contributed by atoms with Gasteiger partial charge in [-0.05, 0) is 31.9 Å². The highest BCUT2D eigenvalue weighted by Gasteiger charge is 2.09. The van der Waals surface area contributed by atoms with Crippen LogP contribution < -0.4 is 10.6 Å². The van der Waals surface area contributed by atoms with Crippen LogP contribution in [0.25, 0.3) is 0 Å². The van der Waals surface area contributed by atoms with Gasteiger partial charge in [-0.1, -0.05) is 12.8 Å². The van der Waals surface area contributed by atoms with E-state index in [0.29, 0.717) is 11.4 Å². The molecule has 0 aliphatic carbocycles. The number of unbranched alkanes of at least 4 members (excludes halogenated alkanes) is 3. The lowest BCUT2D eigenvalue weighted by atomic mass is 10.2. The molecule has 0 aliphatic rings. The number of aryl methyl sites for hydroxylation is 1. The largest absolute Gasteiger partial charge is 0.396 e. The second kappa shape index (κ2) is 9.50. The van der Waals surface area contributed by atoms with Crippen LogP contribution in [-0.2, 0) is 4.79 Å². The number of hydrogen-bond donors (Lipinski definition) is 3. The van der Waals surface area contributed by atoms with E-state index in [1.54, 1.807) is 6.07 Å². The highest BCUT2D eigenvalue weighted by molar-refractivity contribution is 7.13. The number of aliphatic hydroxyl groups is 1. The molecule has 0 atom stereocenters. The van der Waals surface area contributed by atoms with E-state index >= 15 is 0 Å². The van der Waals surface area contributed by atoms with Gasteiger partial charge in [-0.15, -0.1) is 11.3 Å². The van der Waals surface area contributed by atoms with Gasteiger partial charge in [-0.3, -0.25) is 9.59 Å². The first kappa shape index (κ1) is 16.7. The number of nitrogens with one attached hydrogen (secondary N) is 2. The Morgan fingerprint density at radius 1 is 1.15 bits per heavy atom. The smallest absolute Gasteiger partial charge is 0.261 e. The Labute approximate surface area is 123 Å². The lowest BCUT2D eigenvalue weighted by molar-refractivity contribution is -0.120. The highest BCUT2D eigenvalue weighted by Crippen LogP contribution is 2.14. The van der Waals surface area contributed by atoms with Gasteiger partial charge in [0.15, 0.2) is 0 Å². The van der Waals surface area contributed by atoms with Crippen LogP contribution in [0.3, 0.4) is 0 Å². The van der Waals surface area contributed by atoms with Crippen molar-refractivity contribution < 1.29 is 14.7 Å². The molecule has 5 nitrogen and oxygen atoms in total. The van der Waals surface area contributed by atoms with Gasteiger partial charge in [0.25, 0.3) is 5.91 Å². The molecule has 20 heavy (non-hydrogen) atoms. The standard InChI is InChI=1S/C14H22N2O3S/c1-11-6-7-12(20-11)14(19)16-10-13(18)15-8-4-2-3-5-9-17/h6-7,17H,2-5,8-10H2,1H3,(H,15,18)(H,16,19). The molecule has 0 aromatic carbocycles. The van der Waals surface area contributed by atoms with E-state index in [0.717, 1.165) is 30.6 Å². The second-order valence-corrected chi connectivity index (χ2v) is 5.87. The van der Waals surface area contributed by atoms with Crippen molar-refractivity contribution in [3.63, 3.8) is 0 Å². The Bertz CT molecular complexity index is 432. The molecule has 0 saturated carbocycles. The summed E-state index contributed by atoms with van der Waals surface area (Å²) in [5.74, 6) is -0.380. The van der Waals surface area contributed by atoms with Crippen LogP contribution in [0.1, 0.15) is 40.2 Å². The molecule has 0 unspecified atom stereocenters. The summed E-state index contributed by atoms with van der Waals surface area (Å²) in [6, 6.07) is 3.64. The number of rotatable bonds is 9. The van der Waals surface area contributed by atoms with Crippen LogP contribution in [0.2, 0.25) is 0 Å². The summed E-state index contributed by atoms with van der Waals surface area (Å²) in [6.07, 6.45) is 3.66. The summed E-state index contributed by atoms with van der Waals surface area (Å²) in [4.78, 5) is 24.9. The van der Waals surface area contributed by atoms with E-state index in [1.807, 2.05) is 13.0 Å². The summed E-state index contributed by atoms with van der Waals surface area (Å²) >= 11 is 1.41. The molecule has 3 N–H and O–H groups in total. The second-order valence-electron chi connectivity index (χ2n) is 4.58. The number of thiophene rings is 1. The van der Waals surface area contributed by atoms with E-state index in [2.05, 4.69) is 10.6 Å². The van der Waals surface area contributed by atoms with Gasteiger partial charge in [0.05, 0.1) is 11.4 Å². The molecule has 0 fully saturated rings. The average molecular weight is 298 g/mol. The number of amides is 2. The summed E-state index contributed by atoms with van der Waals surface area (Å²) in [6.45, 7) is 2.77. The summed E-state index contributed by atoms with van der Waals surface area (Å²) in [5, 5.41) is 14.0. The van der Waals surface area contributed by atoms with E-state index in [-0.39, 0.29) is 25.0 Å². The highest BCUT2D eigenvalue weighted by atomic mass is 32.1. The predicted octanol–water partition coefficient (Wildman–Crippen LogP) is 1.46. The van der Waals surface area contributed by atoms with Crippen molar-refractivity contribution in [2.24, 2.45) is 0 Å². The number of hydrogen-bond acceptors (Lipinski definition) is 4. The molecule has 0 spiro atoms. The Hall–Kier alpha value is -1.40. The molecular formula is C14H22N2O3S. The number of carbonyl (C=O) groups is 2. The minimum absolute atomic E-state index is 0.00637. The molecule has 1 rings (SSSR count). The third-order valence-corrected chi connectivity index (χ3v) is 3.78. The molecule has 2 amide bonds. The van der Waals surface area contributed by atoms with E-state index in [1.165, 1.54) is 11.3 Å². The maximum atomic E-state index is 11.7. The first-order valence-electron chi connectivity index (χ1n) is 6.85. The van der Waals surface area contributed by atoms with Crippen molar-refractivity contribution in [3.05, 3.63) is 21.9 Å². The third-order valence-electron chi connectivity index (χ3n) is 2.78. The molecule has 0 radical (unpaired) electrons. The first-order chi connectivity index (χ1) is 9.63. The Morgan fingerprint density at radius 3 is 2.55 bits per heavy atom. The predicted molar refractivity (Wildman–Crippen MR) is 80.0 cm³/mol. The van der Waals surface area contributed by atoms with E-state index in [9.17, 15) is 9.59 Å². The SMILES string of the molecule is Cc1ccc(C(=O)NCC(=O)NCCCCCCO)s1. The van der Waals surface area contributed by atoms with Crippen LogP contribution in [0, 0.1) is 6.92 Å². The molecule has 112 valence electrons. The van der Waals surface area contributed by atoms with Gasteiger partial charge >= 0.3 is 0 Å². The maximum absolute atomic E-state index is 11.7. The molecule has 1 heterocycles. The monoisotopic (exact) mass is 298 g/mol. The van der Waals surface area contributed by atoms with Crippen molar-refractivity contribution in [1.29, 1.82) is 0 Å². The molecule has 1 aromatic heterocycles. The van der Waals surface area contributed by atoms with Crippen LogP contribution in [-0.4, -0.2) is 36.6 Å². The molecule has 1 aromatic rings. The van der Waals surface area contributed by atoms with Gasteiger partial charge in [0.1, 0.15) is 0 Å². The molecule has 0 aliphatic heterocycles. The lowest BCUT2D eigenvalue weighted by Crippen LogP contribution is -2.37. The average Bonchev–Trinajstić information content (AvgIpc) is 2.86. The van der Waals surface area contributed by atoms with Crippen LogP contribution in [0.15, 0.2) is 12.1 Å². The van der Waals surface area contributed by atoms with Gasteiger partial charge in [0, 0.05) is 18.0 Å². The summed E-state index contributed by atoms with van der Waals surface area (Å²) in [5.41, 5.74) is 0. The fourth-order valence-electron chi connectivity index (χ4n) is 1.68. The van der Waals surface area contributed by atoms with Gasteiger partial charge in [0.2, 0.25) is 5.91 Å². The fraction of sp³-hybridized carbons (Fsp3) is 0.571. The Balaban J connectivity index is 2.09. The molecule has 0 saturated heterocycles. The van der Waals surface area contributed by atoms with Crippen molar-refractivity contribution in [1.82, 2.24) is 10.6 Å². The molecular weight excluding hydrogens is 276 g/mol. The zero-order chi connectivity index (χ0) is 14.8. The minimum Gasteiger partial charge on any atom is -0.396 e. The zero-order valence-electron chi connectivity index (χ0n) is 11.8. The van der Waals surface area contributed by atoms with Crippen molar-refractivity contribution in [2.75, 3.05) is 19.7 Å². The number of carbonyl (C=O) groups excluding carboxylic acids is 2. The Morgan fingerprint density at radius 2 is 1.90 bits per heavy atom. The first-order valence-corrected chi connectivity index (χ1v) is 7.67. The molecule has 0 bridgehead atoms. The minimum atomic E-state index is -0.207. The third kappa shape index (κ3) is 6.68. The van der Waals surface area contributed by atoms with E-state index in [4.69, 9.17) is 5.11 Å². The van der Waals surface area contributed by atoms with Gasteiger partial charge in [-0.2, -0.15) is 0 Å². The zero-order valence-corrected chi connectivity index (χ0v) is 12.6. The normalized spacial score (nSPS) is 10.3. The fourth-order valence-corrected chi connectivity index (χ4v) is 2.47. The van der Waals surface area contributed by atoms with Crippen molar-refractivity contribution in [3.8, 4) is 0 Å². The van der Waals surface area contributed by atoms with Crippen molar-refractivity contribution >= 4 is 23.2 Å². The maximum Gasteiger partial charge on any atom is 0.261 e. The van der Waals surface area contributed by atoms with Crippen LogP contribution >= 0.6 is 11.3 Å². The van der Waals surface area contributed by atoms with E-state index < -0.39 is 0 Å². The van der Waals surface area contributed by atoms with Gasteiger partial charge in [-0.25, -0.2) is 0 Å². The Kier molecular flexibility index (Phi) is 7.91. The summed E-state index contributed by atoms with van der Waals surface area (Å²) in [7, 11) is 0. The van der Waals surface area contributed by atoms with Gasteiger partial charge < -0.3 is 15.7 Å². The summed E-state index contributed by atoms with van der Waals surface area (Å²) < 4.78 is 0. The van der Waals surface area contributed by atoms with Crippen molar-refractivity contribution in [2.45, 2.75) is 32.6 Å². The molecule has 6 heteroatoms. The topological polar surface area (TPSA) is 78.4 Å². The lowest BCUT2D eigenvalue weighted by Gasteiger charge is -2.06. The van der Waals surface area contributed by atoms with Crippen LogP contribution in [0.4, 0.5) is 0 Å². The quantitative estimate of drug-likeness (QED) is 0.604. The number of aliphatic hydroxyl groups excluding tert-OH is 1. The van der Waals surface area contributed by atoms with Crippen LogP contribution in [0.5, 0.6) is 0 Å².